The Bertz CT molecular complexity index is 572. The normalized spacial score (nSPS) is 11.8. The van der Waals surface area contributed by atoms with Crippen LogP contribution in [-0.4, -0.2) is 15.3 Å². The van der Waals surface area contributed by atoms with Gasteiger partial charge in [-0.3, -0.25) is 0 Å². The van der Waals surface area contributed by atoms with Crippen LogP contribution in [0.25, 0.3) is 5.69 Å². The molecule has 0 saturated heterocycles. The molecular weight excluding hydrogens is 373 g/mol. The Labute approximate surface area is 132 Å². The molecule has 19 heavy (non-hydrogen) atoms. The SMILES string of the molecule is CC(C)(C)NCc1ccn(-c2ccc(I)cc2Cl)n1. The van der Waals surface area contributed by atoms with E-state index in [0.29, 0.717) is 5.02 Å². The lowest BCUT2D eigenvalue weighted by atomic mass is 10.1. The third-order valence-corrected chi connectivity index (χ3v) is 3.57. The van der Waals surface area contributed by atoms with Crippen LogP contribution in [0, 0.1) is 3.57 Å². The fourth-order valence-corrected chi connectivity index (χ4v) is 2.56. The van der Waals surface area contributed by atoms with Crippen molar-refractivity contribution in [2.24, 2.45) is 0 Å². The number of nitrogens with one attached hydrogen (secondary N) is 1. The number of aromatic nitrogens is 2. The van der Waals surface area contributed by atoms with Gasteiger partial charge in [0.15, 0.2) is 0 Å². The number of halogens is 2. The fourth-order valence-electron chi connectivity index (χ4n) is 1.61. The summed E-state index contributed by atoms with van der Waals surface area (Å²) in [4.78, 5) is 0. The molecule has 2 aromatic rings. The van der Waals surface area contributed by atoms with Gasteiger partial charge in [0.25, 0.3) is 0 Å². The van der Waals surface area contributed by atoms with Crippen LogP contribution in [0.5, 0.6) is 0 Å². The summed E-state index contributed by atoms with van der Waals surface area (Å²) in [6, 6.07) is 7.95. The first-order valence-corrected chi connectivity index (χ1v) is 7.56. The largest absolute Gasteiger partial charge is 0.306 e. The third kappa shape index (κ3) is 4.19. The lowest BCUT2D eigenvalue weighted by molar-refractivity contribution is 0.420. The van der Waals surface area contributed by atoms with Crippen molar-refractivity contribution in [3.8, 4) is 5.69 Å². The standard InChI is InChI=1S/C14H17ClIN3/c1-14(2,3)17-9-11-6-7-19(18-11)13-5-4-10(16)8-12(13)15/h4-8,17H,9H2,1-3H3. The summed E-state index contributed by atoms with van der Waals surface area (Å²) in [5.74, 6) is 0. The summed E-state index contributed by atoms with van der Waals surface area (Å²) in [6.45, 7) is 7.17. The van der Waals surface area contributed by atoms with Gasteiger partial charge in [-0.25, -0.2) is 4.68 Å². The van der Waals surface area contributed by atoms with Gasteiger partial charge in [0, 0.05) is 21.9 Å². The zero-order chi connectivity index (χ0) is 14.0. The molecule has 0 unspecified atom stereocenters. The molecule has 0 fully saturated rings. The first kappa shape index (κ1) is 14.8. The number of rotatable bonds is 3. The molecule has 5 heteroatoms. The topological polar surface area (TPSA) is 29.9 Å². The monoisotopic (exact) mass is 389 g/mol. The molecule has 0 aliphatic carbocycles. The molecule has 1 aromatic carbocycles. The molecule has 0 saturated carbocycles. The minimum absolute atomic E-state index is 0.0876. The maximum Gasteiger partial charge on any atom is 0.0832 e. The Morgan fingerprint density at radius 1 is 1.32 bits per heavy atom. The maximum absolute atomic E-state index is 6.24. The lowest BCUT2D eigenvalue weighted by Crippen LogP contribution is -2.35. The number of hydrogen-bond donors (Lipinski definition) is 1. The van der Waals surface area contributed by atoms with Gasteiger partial charge < -0.3 is 5.32 Å². The molecule has 0 aliphatic heterocycles. The van der Waals surface area contributed by atoms with Gasteiger partial charge in [0.1, 0.15) is 0 Å². The Balaban J connectivity index is 2.16. The van der Waals surface area contributed by atoms with Crippen molar-refractivity contribution in [2.75, 3.05) is 0 Å². The molecule has 3 nitrogen and oxygen atoms in total. The van der Waals surface area contributed by atoms with Crippen LogP contribution >= 0.6 is 34.2 Å². The smallest absolute Gasteiger partial charge is 0.0832 e. The van der Waals surface area contributed by atoms with E-state index in [-0.39, 0.29) is 5.54 Å². The van der Waals surface area contributed by atoms with Crippen LogP contribution in [0.15, 0.2) is 30.5 Å². The van der Waals surface area contributed by atoms with Crippen LogP contribution in [0.3, 0.4) is 0 Å². The minimum atomic E-state index is 0.0876. The second-order valence-corrected chi connectivity index (χ2v) is 7.10. The van der Waals surface area contributed by atoms with Crippen molar-refractivity contribution >= 4 is 34.2 Å². The zero-order valence-electron chi connectivity index (χ0n) is 11.2. The Morgan fingerprint density at radius 3 is 2.68 bits per heavy atom. The third-order valence-electron chi connectivity index (χ3n) is 2.60. The van der Waals surface area contributed by atoms with E-state index >= 15 is 0 Å². The van der Waals surface area contributed by atoms with E-state index in [1.807, 2.05) is 35.1 Å². The van der Waals surface area contributed by atoms with E-state index in [1.54, 1.807) is 0 Å². The van der Waals surface area contributed by atoms with E-state index in [4.69, 9.17) is 11.6 Å². The van der Waals surface area contributed by atoms with Crippen molar-refractivity contribution in [3.05, 3.63) is 44.7 Å². The first-order valence-electron chi connectivity index (χ1n) is 6.10. The van der Waals surface area contributed by atoms with Gasteiger partial charge in [-0.05, 0) is 67.6 Å². The Hall–Kier alpha value is -0.590. The van der Waals surface area contributed by atoms with Crippen molar-refractivity contribution in [1.29, 1.82) is 0 Å². The first-order chi connectivity index (χ1) is 8.85. The average molecular weight is 390 g/mol. The maximum atomic E-state index is 6.24. The summed E-state index contributed by atoms with van der Waals surface area (Å²) in [6.07, 6.45) is 1.94. The van der Waals surface area contributed by atoms with Crippen LogP contribution in [0.4, 0.5) is 0 Å². The molecule has 0 bridgehead atoms. The predicted molar refractivity (Wildman–Crippen MR) is 87.9 cm³/mol. The minimum Gasteiger partial charge on any atom is -0.306 e. The lowest BCUT2D eigenvalue weighted by Gasteiger charge is -2.19. The van der Waals surface area contributed by atoms with E-state index in [1.165, 1.54) is 0 Å². The molecular formula is C14H17ClIN3. The van der Waals surface area contributed by atoms with Gasteiger partial charge >= 0.3 is 0 Å². The molecule has 0 aliphatic rings. The Morgan fingerprint density at radius 2 is 2.05 bits per heavy atom. The summed E-state index contributed by atoms with van der Waals surface area (Å²) in [5, 5.41) is 8.67. The van der Waals surface area contributed by atoms with E-state index < -0.39 is 0 Å². The van der Waals surface area contributed by atoms with Gasteiger partial charge in [0.2, 0.25) is 0 Å². The zero-order valence-corrected chi connectivity index (χ0v) is 14.2. The van der Waals surface area contributed by atoms with Crippen molar-refractivity contribution in [1.82, 2.24) is 15.1 Å². The van der Waals surface area contributed by atoms with Crippen molar-refractivity contribution in [3.63, 3.8) is 0 Å². The number of benzene rings is 1. The average Bonchev–Trinajstić information content (AvgIpc) is 2.74. The Kier molecular flexibility index (Phi) is 4.53. The van der Waals surface area contributed by atoms with Crippen LogP contribution in [0.1, 0.15) is 26.5 Å². The molecule has 1 N–H and O–H groups in total. The molecule has 1 heterocycles. The molecule has 0 radical (unpaired) electrons. The highest BCUT2D eigenvalue weighted by molar-refractivity contribution is 14.1. The summed E-state index contributed by atoms with van der Waals surface area (Å²) >= 11 is 8.49. The van der Waals surface area contributed by atoms with E-state index in [2.05, 4.69) is 53.8 Å². The fraction of sp³-hybridized carbons (Fsp3) is 0.357. The highest BCUT2D eigenvalue weighted by Gasteiger charge is 2.10. The second kappa shape index (κ2) is 5.81. The molecule has 1 aromatic heterocycles. The van der Waals surface area contributed by atoms with Crippen molar-refractivity contribution < 1.29 is 0 Å². The highest BCUT2D eigenvalue weighted by Crippen LogP contribution is 2.22. The van der Waals surface area contributed by atoms with Gasteiger partial charge in [0.05, 0.1) is 16.4 Å². The molecule has 2 rings (SSSR count). The van der Waals surface area contributed by atoms with Gasteiger partial charge in [-0.15, -0.1) is 0 Å². The summed E-state index contributed by atoms with van der Waals surface area (Å²) < 4.78 is 2.94. The number of hydrogen-bond acceptors (Lipinski definition) is 2. The second-order valence-electron chi connectivity index (χ2n) is 5.45. The molecule has 0 amide bonds. The van der Waals surface area contributed by atoms with Gasteiger partial charge in [-0.2, -0.15) is 5.10 Å². The molecule has 0 atom stereocenters. The van der Waals surface area contributed by atoms with Crippen LogP contribution < -0.4 is 5.32 Å². The van der Waals surface area contributed by atoms with Crippen LogP contribution in [-0.2, 0) is 6.54 Å². The quantitative estimate of drug-likeness (QED) is 0.804. The van der Waals surface area contributed by atoms with E-state index in [9.17, 15) is 0 Å². The highest BCUT2D eigenvalue weighted by atomic mass is 127. The van der Waals surface area contributed by atoms with E-state index in [0.717, 1.165) is 21.5 Å². The molecule has 0 spiro atoms. The predicted octanol–water partition coefficient (Wildman–Crippen LogP) is 4.02. The summed E-state index contributed by atoms with van der Waals surface area (Å²) in [5.41, 5.74) is 2.00. The molecule has 102 valence electrons. The summed E-state index contributed by atoms with van der Waals surface area (Å²) in [7, 11) is 0. The van der Waals surface area contributed by atoms with Crippen molar-refractivity contribution in [2.45, 2.75) is 32.9 Å². The van der Waals surface area contributed by atoms with Gasteiger partial charge in [-0.1, -0.05) is 11.6 Å². The number of nitrogens with zero attached hydrogens (tertiary/aromatic N) is 2. The van der Waals surface area contributed by atoms with Crippen LogP contribution in [0.2, 0.25) is 5.02 Å².